The summed E-state index contributed by atoms with van der Waals surface area (Å²) in [6.45, 7) is 12.8. The molecule has 0 spiro atoms. The smallest absolute Gasteiger partial charge is 0.261 e. The maximum Gasteiger partial charge on any atom is 0.261 e. The zero-order valence-corrected chi connectivity index (χ0v) is 17.2. The van der Waals surface area contributed by atoms with Gasteiger partial charge < -0.3 is 15.0 Å². The molecule has 1 N–H and O–H groups in total. The van der Waals surface area contributed by atoms with E-state index in [1.807, 2.05) is 24.3 Å². The van der Waals surface area contributed by atoms with E-state index in [1.54, 1.807) is 6.92 Å². The number of para-hydroxylation sites is 1. The van der Waals surface area contributed by atoms with E-state index in [0.29, 0.717) is 12.5 Å². The van der Waals surface area contributed by atoms with E-state index in [0.717, 1.165) is 30.0 Å². The van der Waals surface area contributed by atoms with E-state index >= 15 is 0 Å². The number of nitrogens with zero attached hydrogens (tertiary/aromatic N) is 1. The summed E-state index contributed by atoms with van der Waals surface area (Å²) in [6.07, 6.45) is -0.542. The molecule has 2 aromatic carbocycles. The fourth-order valence-corrected chi connectivity index (χ4v) is 3.06. The summed E-state index contributed by atoms with van der Waals surface area (Å²) in [5.74, 6) is 1.01. The average Bonchev–Trinajstić information content (AvgIpc) is 2.68. The van der Waals surface area contributed by atoms with Crippen LogP contribution in [0.25, 0.3) is 0 Å². The van der Waals surface area contributed by atoms with Gasteiger partial charge in [0, 0.05) is 25.3 Å². The van der Waals surface area contributed by atoms with Crippen LogP contribution in [0.15, 0.2) is 48.5 Å². The Morgan fingerprint density at radius 3 is 2.22 bits per heavy atom. The van der Waals surface area contributed by atoms with Crippen molar-refractivity contribution in [3.63, 3.8) is 0 Å². The quantitative estimate of drug-likeness (QED) is 0.695. The molecule has 1 amide bonds. The van der Waals surface area contributed by atoms with Gasteiger partial charge in [-0.2, -0.15) is 0 Å². The molecule has 0 aliphatic rings. The molecule has 0 aliphatic heterocycles. The van der Waals surface area contributed by atoms with Crippen LogP contribution < -0.4 is 15.0 Å². The largest absolute Gasteiger partial charge is 0.481 e. The molecule has 2 rings (SSSR count). The molecule has 4 nitrogen and oxygen atoms in total. The number of carbonyl (C=O) groups is 1. The first-order valence-electron chi connectivity index (χ1n) is 9.83. The predicted molar refractivity (Wildman–Crippen MR) is 112 cm³/mol. The van der Waals surface area contributed by atoms with Gasteiger partial charge in [0.25, 0.3) is 5.91 Å². The van der Waals surface area contributed by atoms with E-state index in [2.05, 4.69) is 62.2 Å². The van der Waals surface area contributed by atoms with E-state index < -0.39 is 6.10 Å². The van der Waals surface area contributed by atoms with Crippen LogP contribution in [0.5, 0.6) is 5.75 Å². The summed E-state index contributed by atoms with van der Waals surface area (Å²) in [7, 11) is 0. The number of anilines is 1. The molecular formula is C23H32N2O2. The SMILES string of the molecule is CCN(CC)c1ccc(CNC(=O)C(C)Oc2ccccc2C(C)C)cc1. The molecule has 146 valence electrons. The van der Waals surface area contributed by atoms with Crippen LogP contribution in [0.4, 0.5) is 5.69 Å². The number of benzene rings is 2. The van der Waals surface area contributed by atoms with Gasteiger partial charge >= 0.3 is 0 Å². The molecule has 0 aromatic heterocycles. The minimum absolute atomic E-state index is 0.110. The number of rotatable bonds is 9. The van der Waals surface area contributed by atoms with Crippen LogP contribution in [0, 0.1) is 0 Å². The molecule has 0 aliphatic carbocycles. The Morgan fingerprint density at radius 2 is 1.63 bits per heavy atom. The van der Waals surface area contributed by atoms with Crippen molar-refractivity contribution in [2.75, 3.05) is 18.0 Å². The number of hydrogen-bond donors (Lipinski definition) is 1. The summed E-state index contributed by atoms with van der Waals surface area (Å²) >= 11 is 0. The minimum Gasteiger partial charge on any atom is -0.481 e. The van der Waals surface area contributed by atoms with Crippen LogP contribution in [0.3, 0.4) is 0 Å². The summed E-state index contributed by atoms with van der Waals surface area (Å²) in [4.78, 5) is 14.7. The Morgan fingerprint density at radius 1 is 1.00 bits per heavy atom. The summed E-state index contributed by atoms with van der Waals surface area (Å²) in [5.41, 5.74) is 3.40. The Bertz CT molecular complexity index is 721. The first kappa shape index (κ1) is 20.8. The molecule has 0 saturated heterocycles. The zero-order chi connectivity index (χ0) is 19.8. The van der Waals surface area contributed by atoms with Crippen molar-refractivity contribution in [3.05, 3.63) is 59.7 Å². The lowest BCUT2D eigenvalue weighted by molar-refractivity contribution is -0.127. The van der Waals surface area contributed by atoms with E-state index in [4.69, 9.17) is 4.74 Å². The van der Waals surface area contributed by atoms with E-state index in [-0.39, 0.29) is 5.91 Å². The maximum atomic E-state index is 12.4. The second-order valence-corrected chi connectivity index (χ2v) is 7.01. The first-order chi connectivity index (χ1) is 13.0. The second-order valence-electron chi connectivity index (χ2n) is 7.01. The van der Waals surface area contributed by atoms with Crippen LogP contribution in [-0.4, -0.2) is 25.1 Å². The molecule has 0 radical (unpaired) electrons. The summed E-state index contributed by atoms with van der Waals surface area (Å²) < 4.78 is 5.92. The molecule has 2 aromatic rings. The molecule has 1 unspecified atom stereocenters. The lowest BCUT2D eigenvalue weighted by atomic mass is 10.0. The summed E-state index contributed by atoms with van der Waals surface area (Å²) in [5, 5.41) is 2.97. The fourth-order valence-electron chi connectivity index (χ4n) is 3.06. The topological polar surface area (TPSA) is 41.6 Å². The van der Waals surface area contributed by atoms with Gasteiger partial charge in [-0.05, 0) is 56.0 Å². The standard InChI is InChI=1S/C23H32N2O2/c1-6-25(7-2)20-14-12-19(13-15-20)16-24-23(26)18(5)27-22-11-9-8-10-21(22)17(3)4/h8-15,17-18H,6-7,16H2,1-5H3,(H,24,26). The van der Waals surface area contributed by atoms with Crippen molar-refractivity contribution in [2.45, 2.75) is 53.2 Å². The van der Waals surface area contributed by atoms with Gasteiger partial charge in [-0.3, -0.25) is 4.79 Å². The monoisotopic (exact) mass is 368 g/mol. The second kappa shape index (κ2) is 10.0. The van der Waals surface area contributed by atoms with Gasteiger partial charge in [-0.1, -0.05) is 44.2 Å². The summed E-state index contributed by atoms with van der Waals surface area (Å²) in [6, 6.07) is 16.2. The molecular weight excluding hydrogens is 336 g/mol. The highest BCUT2D eigenvalue weighted by molar-refractivity contribution is 5.80. The maximum absolute atomic E-state index is 12.4. The van der Waals surface area contributed by atoms with Gasteiger partial charge in [0.15, 0.2) is 6.10 Å². The average molecular weight is 369 g/mol. The van der Waals surface area contributed by atoms with Crippen LogP contribution >= 0.6 is 0 Å². The molecule has 0 bridgehead atoms. The van der Waals surface area contributed by atoms with Crippen molar-refractivity contribution in [1.82, 2.24) is 5.32 Å². The highest BCUT2D eigenvalue weighted by atomic mass is 16.5. The number of amides is 1. The Kier molecular flexibility index (Phi) is 7.71. The minimum atomic E-state index is -0.542. The van der Waals surface area contributed by atoms with Crippen molar-refractivity contribution in [1.29, 1.82) is 0 Å². The lowest BCUT2D eigenvalue weighted by Crippen LogP contribution is -2.36. The third-order valence-corrected chi connectivity index (χ3v) is 4.75. The highest BCUT2D eigenvalue weighted by Gasteiger charge is 2.17. The predicted octanol–water partition coefficient (Wildman–Crippen LogP) is 4.74. The fraction of sp³-hybridized carbons (Fsp3) is 0.435. The first-order valence-corrected chi connectivity index (χ1v) is 9.83. The van der Waals surface area contributed by atoms with Gasteiger partial charge in [0.05, 0.1) is 0 Å². The van der Waals surface area contributed by atoms with Crippen LogP contribution in [-0.2, 0) is 11.3 Å². The molecule has 0 saturated carbocycles. The molecule has 0 heterocycles. The normalized spacial score (nSPS) is 11.9. The molecule has 0 fully saturated rings. The van der Waals surface area contributed by atoms with Crippen molar-refractivity contribution >= 4 is 11.6 Å². The Hall–Kier alpha value is -2.49. The van der Waals surface area contributed by atoms with Crippen LogP contribution in [0.2, 0.25) is 0 Å². The van der Waals surface area contributed by atoms with Gasteiger partial charge in [0.1, 0.15) is 5.75 Å². The third-order valence-electron chi connectivity index (χ3n) is 4.75. The lowest BCUT2D eigenvalue weighted by Gasteiger charge is -2.21. The van der Waals surface area contributed by atoms with Gasteiger partial charge in [-0.15, -0.1) is 0 Å². The van der Waals surface area contributed by atoms with E-state index in [1.165, 1.54) is 5.69 Å². The highest BCUT2D eigenvalue weighted by Crippen LogP contribution is 2.26. The molecule has 4 heteroatoms. The Labute approximate surface area is 163 Å². The Balaban J connectivity index is 1.92. The number of carbonyl (C=O) groups excluding carboxylic acids is 1. The van der Waals surface area contributed by atoms with Crippen molar-refractivity contribution in [3.8, 4) is 5.75 Å². The number of ether oxygens (including phenoxy) is 1. The van der Waals surface area contributed by atoms with Gasteiger partial charge in [0.2, 0.25) is 0 Å². The number of nitrogens with one attached hydrogen (secondary N) is 1. The molecule has 27 heavy (non-hydrogen) atoms. The number of hydrogen-bond acceptors (Lipinski definition) is 3. The van der Waals surface area contributed by atoms with Crippen LogP contribution in [0.1, 0.15) is 51.7 Å². The van der Waals surface area contributed by atoms with Gasteiger partial charge in [-0.25, -0.2) is 0 Å². The zero-order valence-electron chi connectivity index (χ0n) is 17.2. The molecule has 1 atom stereocenters. The third kappa shape index (κ3) is 5.75. The van der Waals surface area contributed by atoms with Crippen molar-refractivity contribution in [2.24, 2.45) is 0 Å². The van der Waals surface area contributed by atoms with E-state index in [9.17, 15) is 4.79 Å². The van der Waals surface area contributed by atoms with Crippen molar-refractivity contribution < 1.29 is 9.53 Å².